The minimum atomic E-state index is -0.411. The molecule has 0 radical (unpaired) electrons. The molecular weight excluding hydrogens is 236 g/mol. The van der Waals surface area contributed by atoms with Gasteiger partial charge in [-0.3, -0.25) is 4.79 Å². The summed E-state index contributed by atoms with van der Waals surface area (Å²) in [6.45, 7) is 6.98. The highest BCUT2D eigenvalue weighted by atomic mass is 16.6. The third-order valence-electron chi connectivity index (χ3n) is 4.09. The van der Waals surface area contributed by atoms with Crippen molar-refractivity contribution in [3.8, 4) is 0 Å². The Morgan fingerprint density at radius 2 is 2.22 bits per heavy atom. The first-order valence-corrected chi connectivity index (χ1v) is 6.21. The molecule has 0 aromatic carbocycles. The predicted octanol–water partition coefficient (Wildman–Crippen LogP) is 0.823. The highest BCUT2D eigenvalue weighted by molar-refractivity contribution is 5.87. The maximum absolute atomic E-state index is 11.6. The first kappa shape index (κ1) is 11.7. The normalized spacial score (nSPS) is 41.7. The van der Waals surface area contributed by atoms with Gasteiger partial charge in [-0.05, 0) is 20.3 Å². The van der Waals surface area contributed by atoms with Crippen LogP contribution in [0.1, 0.15) is 20.3 Å². The van der Waals surface area contributed by atoms with Crippen molar-refractivity contribution in [1.29, 1.82) is 0 Å². The van der Waals surface area contributed by atoms with E-state index in [1.165, 1.54) is 0 Å². The molecule has 18 heavy (non-hydrogen) atoms. The Kier molecular flexibility index (Phi) is 2.48. The number of hydrogen-bond donors (Lipinski definition) is 0. The molecule has 5 heteroatoms. The Bertz CT molecular complexity index is 429. The summed E-state index contributed by atoms with van der Waals surface area (Å²) >= 11 is 0. The van der Waals surface area contributed by atoms with Crippen molar-refractivity contribution in [1.82, 2.24) is 0 Å². The van der Waals surface area contributed by atoms with Gasteiger partial charge in [-0.15, -0.1) is 0 Å². The monoisotopic (exact) mass is 252 g/mol. The summed E-state index contributed by atoms with van der Waals surface area (Å²) in [5.41, 5.74) is 0.368. The van der Waals surface area contributed by atoms with Crippen LogP contribution in [0, 0.1) is 11.8 Å². The number of fused-ring (bicyclic) bond motifs is 1. The number of ether oxygens (including phenoxy) is 3. The van der Waals surface area contributed by atoms with Crippen LogP contribution in [0.2, 0.25) is 0 Å². The molecule has 0 saturated carbocycles. The largest absolute Gasteiger partial charge is 0.459 e. The van der Waals surface area contributed by atoms with E-state index in [2.05, 4.69) is 6.58 Å². The Hall–Kier alpha value is -1.36. The first-order valence-electron chi connectivity index (χ1n) is 6.21. The second kappa shape index (κ2) is 3.82. The number of esters is 2. The van der Waals surface area contributed by atoms with Gasteiger partial charge in [-0.25, -0.2) is 4.79 Å². The summed E-state index contributed by atoms with van der Waals surface area (Å²) in [4.78, 5) is 23.1. The van der Waals surface area contributed by atoms with E-state index in [9.17, 15) is 9.59 Å². The van der Waals surface area contributed by atoms with Crippen molar-refractivity contribution in [3.05, 3.63) is 12.2 Å². The van der Waals surface area contributed by atoms with Crippen LogP contribution in [-0.4, -0.2) is 36.4 Å². The van der Waals surface area contributed by atoms with Gasteiger partial charge in [-0.1, -0.05) is 6.58 Å². The summed E-state index contributed by atoms with van der Waals surface area (Å²) in [7, 11) is 0. The average Bonchev–Trinajstić information content (AvgIpc) is 2.89. The van der Waals surface area contributed by atoms with E-state index in [1.54, 1.807) is 6.92 Å². The number of hydrogen-bond acceptors (Lipinski definition) is 5. The van der Waals surface area contributed by atoms with E-state index in [4.69, 9.17) is 14.2 Å². The molecule has 3 fully saturated rings. The topological polar surface area (TPSA) is 61.8 Å². The average molecular weight is 252 g/mol. The Morgan fingerprint density at radius 3 is 2.89 bits per heavy atom. The van der Waals surface area contributed by atoms with Crippen LogP contribution in [0.15, 0.2) is 12.2 Å². The van der Waals surface area contributed by atoms with E-state index >= 15 is 0 Å². The molecule has 6 unspecified atom stereocenters. The van der Waals surface area contributed by atoms with Gasteiger partial charge in [0, 0.05) is 5.57 Å². The second-order valence-corrected chi connectivity index (χ2v) is 5.35. The molecule has 3 rings (SSSR count). The van der Waals surface area contributed by atoms with Crippen molar-refractivity contribution in [3.63, 3.8) is 0 Å². The SMILES string of the molecule is C=C(C)C(=O)OC(C)C1C2CC3C(=O)OC1C3O2. The van der Waals surface area contributed by atoms with Crippen LogP contribution in [0.3, 0.4) is 0 Å². The number of rotatable bonds is 3. The van der Waals surface area contributed by atoms with Crippen molar-refractivity contribution in [2.45, 2.75) is 44.7 Å². The Labute approximate surface area is 105 Å². The molecule has 98 valence electrons. The lowest BCUT2D eigenvalue weighted by atomic mass is 9.80. The third kappa shape index (κ3) is 1.50. The van der Waals surface area contributed by atoms with Gasteiger partial charge in [0.2, 0.25) is 0 Å². The van der Waals surface area contributed by atoms with E-state index in [0.717, 1.165) is 0 Å². The molecule has 3 heterocycles. The van der Waals surface area contributed by atoms with Crippen molar-refractivity contribution < 1.29 is 23.8 Å². The fourth-order valence-corrected chi connectivity index (χ4v) is 3.24. The molecule has 3 aliphatic rings. The fourth-order valence-electron chi connectivity index (χ4n) is 3.24. The van der Waals surface area contributed by atoms with Gasteiger partial charge in [0.15, 0.2) is 0 Å². The fraction of sp³-hybridized carbons (Fsp3) is 0.692. The Balaban J connectivity index is 1.73. The molecule has 0 aromatic rings. The predicted molar refractivity (Wildman–Crippen MR) is 60.5 cm³/mol. The maximum Gasteiger partial charge on any atom is 0.333 e. The second-order valence-electron chi connectivity index (χ2n) is 5.35. The molecule has 3 aliphatic heterocycles. The van der Waals surface area contributed by atoms with Gasteiger partial charge in [-0.2, -0.15) is 0 Å². The first-order chi connectivity index (χ1) is 8.49. The molecule has 0 aliphatic carbocycles. The zero-order valence-electron chi connectivity index (χ0n) is 10.4. The van der Waals surface area contributed by atoms with Gasteiger partial charge in [0.05, 0.1) is 17.9 Å². The lowest BCUT2D eigenvalue weighted by Crippen LogP contribution is -2.40. The highest BCUT2D eigenvalue weighted by Gasteiger charge is 2.64. The summed E-state index contributed by atoms with van der Waals surface area (Å²) in [5, 5.41) is 0. The van der Waals surface area contributed by atoms with E-state index in [-0.39, 0.29) is 42.2 Å². The summed E-state index contributed by atoms with van der Waals surface area (Å²) in [6, 6.07) is 0. The van der Waals surface area contributed by atoms with Crippen molar-refractivity contribution in [2.24, 2.45) is 11.8 Å². The van der Waals surface area contributed by atoms with Gasteiger partial charge in [0.1, 0.15) is 18.3 Å². The van der Waals surface area contributed by atoms with Crippen LogP contribution in [0.25, 0.3) is 0 Å². The summed E-state index contributed by atoms with van der Waals surface area (Å²) in [5.74, 6) is -0.749. The lowest BCUT2D eigenvalue weighted by molar-refractivity contribution is -0.151. The Morgan fingerprint density at radius 1 is 1.50 bits per heavy atom. The van der Waals surface area contributed by atoms with E-state index in [0.29, 0.717) is 12.0 Å². The minimum Gasteiger partial charge on any atom is -0.459 e. The maximum atomic E-state index is 11.6. The van der Waals surface area contributed by atoms with E-state index in [1.807, 2.05) is 6.92 Å². The molecule has 2 bridgehead atoms. The molecular formula is C13H16O5. The van der Waals surface area contributed by atoms with Crippen LogP contribution >= 0.6 is 0 Å². The van der Waals surface area contributed by atoms with E-state index < -0.39 is 5.97 Å². The van der Waals surface area contributed by atoms with Crippen LogP contribution in [0.5, 0.6) is 0 Å². The van der Waals surface area contributed by atoms with Gasteiger partial charge >= 0.3 is 11.9 Å². The highest BCUT2D eigenvalue weighted by Crippen LogP contribution is 2.50. The number of carbonyl (C=O) groups is 2. The molecule has 6 atom stereocenters. The molecule has 0 N–H and O–H groups in total. The molecule has 0 amide bonds. The van der Waals surface area contributed by atoms with Gasteiger partial charge < -0.3 is 14.2 Å². The zero-order chi connectivity index (χ0) is 13.0. The smallest absolute Gasteiger partial charge is 0.333 e. The van der Waals surface area contributed by atoms with Crippen molar-refractivity contribution >= 4 is 11.9 Å². The van der Waals surface area contributed by atoms with Gasteiger partial charge in [0.25, 0.3) is 0 Å². The molecule has 5 nitrogen and oxygen atoms in total. The molecule has 0 aromatic heterocycles. The third-order valence-corrected chi connectivity index (χ3v) is 4.09. The lowest BCUT2D eigenvalue weighted by Gasteiger charge is -2.27. The van der Waals surface area contributed by atoms with Crippen molar-refractivity contribution in [2.75, 3.05) is 0 Å². The van der Waals surface area contributed by atoms with Crippen LogP contribution < -0.4 is 0 Å². The molecule has 3 saturated heterocycles. The zero-order valence-corrected chi connectivity index (χ0v) is 10.4. The van der Waals surface area contributed by atoms with Crippen LogP contribution in [0.4, 0.5) is 0 Å². The van der Waals surface area contributed by atoms with Crippen LogP contribution in [-0.2, 0) is 23.8 Å². The molecule has 0 spiro atoms. The quantitative estimate of drug-likeness (QED) is 0.550. The minimum absolute atomic E-state index is 0.0376. The summed E-state index contributed by atoms with van der Waals surface area (Å²) < 4.78 is 16.4. The standard InChI is InChI=1S/C13H16O5/c1-5(2)12(14)16-6(3)9-8-4-7-10(17-8)11(9)18-13(7)15/h6-11H,1,4H2,2-3H3. The number of carbonyl (C=O) groups excluding carboxylic acids is 2. The summed E-state index contributed by atoms with van der Waals surface area (Å²) in [6.07, 6.45) is -0.0855.